The lowest BCUT2D eigenvalue weighted by atomic mass is 10.2. The van der Waals surface area contributed by atoms with Crippen molar-refractivity contribution in [1.82, 2.24) is 0 Å². The molecule has 0 saturated heterocycles. The number of carbonyl (C=O) groups is 1. The average molecular weight is 307 g/mol. The monoisotopic (exact) mass is 306 g/mol. The van der Waals surface area contributed by atoms with E-state index in [0.717, 1.165) is 0 Å². The summed E-state index contributed by atoms with van der Waals surface area (Å²) in [7, 11) is 1.53. The number of benzene rings is 2. The van der Waals surface area contributed by atoms with Crippen molar-refractivity contribution in [1.29, 1.82) is 0 Å². The summed E-state index contributed by atoms with van der Waals surface area (Å²) < 4.78 is 11.1. The number of ether oxygens (including phenoxy) is 2. The standard InChI is InChI=1S/C14H11BrO3/c1-17-12-8-4-5-9-13(12)18-14(16)10-6-2-3-7-11(10)15/h2-9H,1H3. The van der Waals surface area contributed by atoms with Gasteiger partial charge >= 0.3 is 5.97 Å². The molecule has 0 aromatic heterocycles. The molecule has 0 amide bonds. The van der Waals surface area contributed by atoms with Crippen molar-refractivity contribution >= 4 is 21.9 Å². The first-order chi connectivity index (χ1) is 8.72. The molecule has 0 aliphatic heterocycles. The molecule has 3 nitrogen and oxygen atoms in total. The minimum absolute atomic E-state index is 0.403. The highest BCUT2D eigenvalue weighted by molar-refractivity contribution is 9.10. The Kier molecular flexibility index (Phi) is 3.99. The molecule has 2 aromatic carbocycles. The van der Waals surface area contributed by atoms with Crippen molar-refractivity contribution in [2.45, 2.75) is 0 Å². The van der Waals surface area contributed by atoms with Crippen LogP contribution in [0.15, 0.2) is 53.0 Å². The third kappa shape index (κ3) is 2.71. The number of esters is 1. The molecule has 0 aliphatic rings. The minimum Gasteiger partial charge on any atom is -0.493 e. The second-order valence-electron chi connectivity index (χ2n) is 3.52. The van der Waals surface area contributed by atoms with Crippen molar-refractivity contribution in [2.75, 3.05) is 7.11 Å². The van der Waals surface area contributed by atoms with Crippen LogP contribution < -0.4 is 9.47 Å². The summed E-state index contributed by atoms with van der Waals surface area (Å²) in [6.45, 7) is 0. The van der Waals surface area contributed by atoms with E-state index in [1.807, 2.05) is 12.1 Å². The minimum atomic E-state index is -0.424. The van der Waals surface area contributed by atoms with Gasteiger partial charge in [-0.3, -0.25) is 0 Å². The largest absolute Gasteiger partial charge is 0.493 e. The van der Waals surface area contributed by atoms with Crippen LogP contribution in [-0.2, 0) is 0 Å². The molecule has 0 aliphatic carbocycles. The Morgan fingerprint density at radius 3 is 2.28 bits per heavy atom. The summed E-state index contributed by atoms with van der Waals surface area (Å²) >= 11 is 3.31. The molecular formula is C14H11BrO3. The molecule has 2 aromatic rings. The molecule has 0 bridgehead atoms. The van der Waals surface area contributed by atoms with Crippen LogP contribution in [0, 0.1) is 0 Å². The van der Waals surface area contributed by atoms with Gasteiger partial charge in [-0.1, -0.05) is 24.3 Å². The maximum Gasteiger partial charge on any atom is 0.344 e. The van der Waals surface area contributed by atoms with Crippen LogP contribution in [0.5, 0.6) is 11.5 Å². The fraction of sp³-hybridized carbons (Fsp3) is 0.0714. The smallest absolute Gasteiger partial charge is 0.344 e. The van der Waals surface area contributed by atoms with Gasteiger partial charge in [0, 0.05) is 4.47 Å². The number of hydrogen-bond acceptors (Lipinski definition) is 3. The van der Waals surface area contributed by atoms with E-state index >= 15 is 0 Å². The molecule has 18 heavy (non-hydrogen) atoms. The highest BCUT2D eigenvalue weighted by Crippen LogP contribution is 2.27. The summed E-state index contributed by atoms with van der Waals surface area (Å²) in [4.78, 5) is 12.0. The van der Waals surface area contributed by atoms with Crippen LogP contribution in [0.2, 0.25) is 0 Å². The van der Waals surface area contributed by atoms with Crippen molar-refractivity contribution in [3.63, 3.8) is 0 Å². The van der Waals surface area contributed by atoms with E-state index in [1.54, 1.807) is 36.4 Å². The van der Waals surface area contributed by atoms with E-state index in [0.29, 0.717) is 21.5 Å². The van der Waals surface area contributed by atoms with Gasteiger partial charge in [-0.05, 0) is 40.2 Å². The summed E-state index contributed by atoms with van der Waals surface area (Å²) in [5, 5.41) is 0. The van der Waals surface area contributed by atoms with Crippen LogP contribution >= 0.6 is 15.9 Å². The van der Waals surface area contributed by atoms with Crippen molar-refractivity contribution < 1.29 is 14.3 Å². The van der Waals surface area contributed by atoms with Crippen LogP contribution in [0.1, 0.15) is 10.4 Å². The SMILES string of the molecule is COc1ccccc1OC(=O)c1ccccc1Br. The normalized spacial score (nSPS) is 9.89. The lowest BCUT2D eigenvalue weighted by Gasteiger charge is -2.09. The van der Waals surface area contributed by atoms with Gasteiger partial charge in [0.15, 0.2) is 11.5 Å². The summed E-state index contributed by atoms with van der Waals surface area (Å²) in [6.07, 6.45) is 0. The number of rotatable bonds is 3. The van der Waals surface area contributed by atoms with E-state index in [2.05, 4.69) is 15.9 Å². The number of carbonyl (C=O) groups excluding carboxylic acids is 1. The van der Waals surface area contributed by atoms with E-state index in [1.165, 1.54) is 7.11 Å². The fourth-order valence-corrected chi connectivity index (χ4v) is 1.93. The van der Waals surface area contributed by atoms with Crippen molar-refractivity contribution in [2.24, 2.45) is 0 Å². The second kappa shape index (κ2) is 5.69. The van der Waals surface area contributed by atoms with Crippen molar-refractivity contribution in [3.8, 4) is 11.5 Å². The van der Waals surface area contributed by atoms with Gasteiger partial charge in [-0.2, -0.15) is 0 Å². The molecule has 92 valence electrons. The molecule has 0 heterocycles. The van der Waals surface area contributed by atoms with Crippen LogP contribution in [-0.4, -0.2) is 13.1 Å². The maximum absolute atomic E-state index is 12.0. The zero-order valence-corrected chi connectivity index (χ0v) is 11.3. The molecule has 0 saturated carbocycles. The predicted molar refractivity (Wildman–Crippen MR) is 72.1 cm³/mol. The lowest BCUT2D eigenvalue weighted by molar-refractivity contribution is 0.0729. The Morgan fingerprint density at radius 1 is 1.00 bits per heavy atom. The quantitative estimate of drug-likeness (QED) is 0.641. The fourth-order valence-electron chi connectivity index (χ4n) is 1.48. The first-order valence-electron chi connectivity index (χ1n) is 5.32. The van der Waals surface area contributed by atoms with Crippen molar-refractivity contribution in [3.05, 3.63) is 58.6 Å². The Balaban J connectivity index is 2.24. The number of halogens is 1. The van der Waals surface area contributed by atoms with Crippen LogP contribution in [0.25, 0.3) is 0 Å². The first-order valence-corrected chi connectivity index (χ1v) is 6.11. The molecule has 0 N–H and O–H groups in total. The maximum atomic E-state index is 12.0. The average Bonchev–Trinajstić information content (AvgIpc) is 2.39. The van der Waals surface area contributed by atoms with Gasteiger partial charge in [-0.15, -0.1) is 0 Å². The first kappa shape index (κ1) is 12.6. The van der Waals surface area contributed by atoms with E-state index < -0.39 is 5.97 Å². The summed E-state index contributed by atoms with van der Waals surface area (Å²) in [5.74, 6) is 0.505. The van der Waals surface area contributed by atoms with Gasteiger partial charge in [-0.25, -0.2) is 4.79 Å². The molecule has 2 rings (SSSR count). The van der Waals surface area contributed by atoms with Crippen LogP contribution in [0.3, 0.4) is 0 Å². The Bertz CT molecular complexity index is 566. The molecular weight excluding hydrogens is 296 g/mol. The predicted octanol–water partition coefficient (Wildman–Crippen LogP) is 3.68. The van der Waals surface area contributed by atoms with Crippen LogP contribution in [0.4, 0.5) is 0 Å². The number of hydrogen-bond donors (Lipinski definition) is 0. The Morgan fingerprint density at radius 2 is 1.61 bits per heavy atom. The van der Waals surface area contributed by atoms with Gasteiger partial charge in [0.05, 0.1) is 12.7 Å². The molecule has 0 spiro atoms. The van der Waals surface area contributed by atoms with E-state index in [-0.39, 0.29) is 0 Å². The second-order valence-corrected chi connectivity index (χ2v) is 4.37. The summed E-state index contributed by atoms with van der Waals surface area (Å²) in [5.41, 5.74) is 0.475. The number of methoxy groups -OCH3 is 1. The zero-order valence-electron chi connectivity index (χ0n) is 9.72. The molecule has 0 unspecified atom stereocenters. The highest BCUT2D eigenvalue weighted by Gasteiger charge is 2.13. The van der Waals surface area contributed by atoms with E-state index in [4.69, 9.17) is 9.47 Å². The van der Waals surface area contributed by atoms with Gasteiger partial charge in [0.25, 0.3) is 0 Å². The summed E-state index contributed by atoms with van der Waals surface area (Å²) in [6, 6.07) is 14.1. The van der Waals surface area contributed by atoms with Gasteiger partial charge in [0.1, 0.15) is 0 Å². The highest BCUT2D eigenvalue weighted by atomic mass is 79.9. The molecule has 0 radical (unpaired) electrons. The molecule has 0 fully saturated rings. The van der Waals surface area contributed by atoms with Gasteiger partial charge in [0.2, 0.25) is 0 Å². The third-order valence-corrected chi connectivity index (χ3v) is 3.06. The molecule has 0 atom stereocenters. The topological polar surface area (TPSA) is 35.5 Å². The zero-order chi connectivity index (χ0) is 13.0. The Hall–Kier alpha value is -1.81. The number of para-hydroxylation sites is 2. The molecule has 4 heteroatoms. The van der Waals surface area contributed by atoms with E-state index in [9.17, 15) is 4.79 Å². The third-order valence-electron chi connectivity index (χ3n) is 2.37. The lowest BCUT2D eigenvalue weighted by Crippen LogP contribution is -2.09. The van der Waals surface area contributed by atoms with Gasteiger partial charge < -0.3 is 9.47 Å². The Labute approximate surface area is 113 Å².